The summed E-state index contributed by atoms with van der Waals surface area (Å²) < 4.78 is 0. The second-order valence-electron chi connectivity index (χ2n) is 3.66. The summed E-state index contributed by atoms with van der Waals surface area (Å²) in [5.74, 6) is 1.04. The number of anilines is 1. The predicted molar refractivity (Wildman–Crippen MR) is 63.3 cm³/mol. The Hall–Kier alpha value is -0.890. The topological polar surface area (TPSA) is 32.3 Å². The standard InChI is InChI=1S/C11H17NO.ClH/c1-9(2)7-8-12-10-3-5-11(13)6-4-10;/h3-6,9,12-13H,7-8H2,1-2H3;1H. The molecule has 1 aromatic carbocycles. The Labute approximate surface area is 91.8 Å². The first kappa shape index (κ1) is 13.1. The molecule has 0 radical (unpaired) electrons. The van der Waals surface area contributed by atoms with Crippen molar-refractivity contribution in [3.05, 3.63) is 24.3 Å². The molecule has 3 heteroatoms. The summed E-state index contributed by atoms with van der Waals surface area (Å²) in [6, 6.07) is 7.15. The van der Waals surface area contributed by atoms with Crippen molar-refractivity contribution in [2.45, 2.75) is 20.3 Å². The number of hydrogen-bond donors (Lipinski definition) is 2. The first-order valence-corrected chi connectivity index (χ1v) is 4.71. The van der Waals surface area contributed by atoms with Gasteiger partial charge in [0, 0.05) is 12.2 Å². The van der Waals surface area contributed by atoms with Crippen molar-refractivity contribution in [2.24, 2.45) is 5.92 Å². The summed E-state index contributed by atoms with van der Waals surface area (Å²) in [5, 5.41) is 12.3. The van der Waals surface area contributed by atoms with Gasteiger partial charge < -0.3 is 10.4 Å². The molecule has 14 heavy (non-hydrogen) atoms. The Morgan fingerprint density at radius 3 is 2.29 bits per heavy atom. The van der Waals surface area contributed by atoms with Crippen LogP contribution in [-0.2, 0) is 0 Å². The molecule has 0 aromatic heterocycles. The van der Waals surface area contributed by atoms with Gasteiger partial charge in [-0.3, -0.25) is 0 Å². The predicted octanol–water partition coefficient (Wildman–Crippen LogP) is 3.27. The van der Waals surface area contributed by atoms with Crippen molar-refractivity contribution in [1.82, 2.24) is 0 Å². The van der Waals surface area contributed by atoms with E-state index >= 15 is 0 Å². The molecule has 0 saturated carbocycles. The van der Waals surface area contributed by atoms with Gasteiger partial charge in [0.1, 0.15) is 5.75 Å². The third kappa shape index (κ3) is 4.97. The number of benzene rings is 1. The van der Waals surface area contributed by atoms with Gasteiger partial charge in [-0.15, -0.1) is 12.4 Å². The molecule has 0 saturated heterocycles. The van der Waals surface area contributed by atoms with E-state index in [1.807, 2.05) is 12.1 Å². The van der Waals surface area contributed by atoms with Crippen LogP contribution in [0.25, 0.3) is 0 Å². The lowest BCUT2D eigenvalue weighted by molar-refractivity contribution is 0.475. The maximum Gasteiger partial charge on any atom is 0.115 e. The number of aromatic hydroxyl groups is 1. The van der Waals surface area contributed by atoms with E-state index in [2.05, 4.69) is 19.2 Å². The van der Waals surface area contributed by atoms with Gasteiger partial charge >= 0.3 is 0 Å². The first-order valence-electron chi connectivity index (χ1n) is 4.71. The van der Waals surface area contributed by atoms with Crippen LogP contribution in [0.15, 0.2) is 24.3 Å². The van der Waals surface area contributed by atoms with Crippen molar-refractivity contribution >= 4 is 18.1 Å². The third-order valence-electron chi connectivity index (χ3n) is 1.92. The summed E-state index contributed by atoms with van der Waals surface area (Å²) in [6.07, 6.45) is 1.17. The second kappa shape index (κ2) is 6.55. The van der Waals surface area contributed by atoms with E-state index in [1.54, 1.807) is 12.1 Å². The minimum atomic E-state index is 0. The van der Waals surface area contributed by atoms with E-state index in [0.717, 1.165) is 18.2 Å². The summed E-state index contributed by atoms with van der Waals surface area (Å²) >= 11 is 0. The highest BCUT2D eigenvalue weighted by atomic mass is 35.5. The van der Waals surface area contributed by atoms with E-state index in [9.17, 15) is 0 Å². The smallest absolute Gasteiger partial charge is 0.115 e. The van der Waals surface area contributed by atoms with Gasteiger partial charge in [-0.2, -0.15) is 0 Å². The Morgan fingerprint density at radius 1 is 1.21 bits per heavy atom. The van der Waals surface area contributed by atoms with Crippen molar-refractivity contribution in [1.29, 1.82) is 0 Å². The quantitative estimate of drug-likeness (QED) is 0.756. The fourth-order valence-electron chi connectivity index (χ4n) is 1.08. The van der Waals surface area contributed by atoms with Crippen LogP contribution in [0.4, 0.5) is 5.69 Å². The van der Waals surface area contributed by atoms with Gasteiger partial charge in [-0.25, -0.2) is 0 Å². The van der Waals surface area contributed by atoms with Crippen LogP contribution in [0.1, 0.15) is 20.3 Å². The van der Waals surface area contributed by atoms with Gasteiger partial charge in [-0.05, 0) is 36.6 Å². The van der Waals surface area contributed by atoms with Gasteiger partial charge in [0.25, 0.3) is 0 Å². The molecular formula is C11H18ClNO. The Morgan fingerprint density at radius 2 is 1.79 bits per heavy atom. The van der Waals surface area contributed by atoms with Crippen LogP contribution >= 0.6 is 12.4 Å². The molecule has 2 nitrogen and oxygen atoms in total. The highest BCUT2D eigenvalue weighted by molar-refractivity contribution is 5.85. The van der Waals surface area contributed by atoms with E-state index in [1.165, 1.54) is 6.42 Å². The fraction of sp³-hybridized carbons (Fsp3) is 0.455. The molecule has 0 atom stereocenters. The highest BCUT2D eigenvalue weighted by Crippen LogP contribution is 2.13. The normalized spacial score (nSPS) is 9.64. The lowest BCUT2D eigenvalue weighted by atomic mass is 10.1. The van der Waals surface area contributed by atoms with E-state index in [-0.39, 0.29) is 12.4 Å². The highest BCUT2D eigenvalue weighted by Gasteiger charge is 1.94. The van der Waals surface area contributed by atoms with Crippen LogP contribution < -0.4 is 5.32 Å². The van der Waals surface area contributed by atoms with Crippen LogP contribution in [0.2, 0.25) is 0 Å². The van der Waals surface area contributed by atoms with Gasteiger partial charge in [0.15, 0.2) is 0 Å². The third-order valence-corrected chi connectivity index (χ3v) is 1.92. The van der Waals surface area contributed by atoms with E-state index < -0.39 is 0 Å². The molecule has 1 aromatic rings. The Balaban J connectivity index is 0.00000169. The largest absolute Gasteiger partial charge is 0.508 e. The zero-order chi connectivity index (χ0) is 9.68. The number of phenols is 1. The average Bonchev–Trinajstić information content (AvgIpc) is 2.08. The number of phenolic OH excluding ortho intramolecular Hbond substituents is 1. The fourth-order valence-corrected chi connectivity index (χ4v) is 1.08. The lowest BCUT2D eigenvalue weighted by Gasteiger charge is -2.07. The average molecular weight is 216 g/mol. The van der Waals surface area contributed by atoms with Crippen LogP contribution in [0.5, 0.6) is 5.75 Å². The summed E-state index contributed by atoms with van der Waals surface area (Å²) in [6.45, 7) is 5.40. The lowest BCUT2D eigenvalue weighted by Crippen LogP contribution is -2.04. The summed E-state index contributed by atoms with van der Waals surface area (Å²) in [4.78, 5) is 0. The van der Waals surface area contributed by atoms with Crippen molar-refractivity contribution in [3.63, 3.8) is 0 Å². The molecule has 1 rings (SSSR count). The van der Waals surface area contributed by atoms with Crippen LogP contribution in [0, 0.1) is 5.92 Å². The minimum absolute atomic E-state index is 0. The number of rotatable bonds is 4. The number of hydrogen-bond acceptors (Lipinski definition) is 2. The molecule has 0 spiro atoms. The minimum Gasteiger partial charge on any atom is -0.508 e. The van der Waals surface area contributed by atoms with Crippen molar-refractivity contribution in [3.8, 4) is 5.75 Å². The zero-order valence-electron chi connectivity index (χ0n) is 8.66. The molecule has 0 unspecified atom stereocenters. The second-order valence-corrected chi connectivity index (χ2v) is 3.66. The van der Waals surface area contributed by atoms with E-state index in [4.69, 9.17) is 5.11 Å². The van der Waals surface area contributed by atoms with Crippen LogP contribution in [0.3, 0.4) is 0 Å². The molecule has 0 amide bonds. The molecule has 0 aliphatic heterocycles. The van der Waals surface area contributed by atoms with Gasteiger partial charge in [-0.1, -0.05) is 13.8 Å². The SMILES string of the molecule is CC(C)CCNc1ccc(O)cc1.Cl. The molecule has 0 bridgehead atoms. The molecule has 0 aliphatic rings. The van der Waals surface area contributed by atoms with Gasteiger partial charge in [0.2, 0.25) is 0 Å². The van der Waals surface area contributed by atoms with Gasteiger partial charge in [0.05, 0.1) is 0 Å². The maximum atomic E-state index is 9.04. The van der Waals surface area contributed by atoms with E-state index in [0.29, 0.717) is 5.75 Å². The zero-order valence-corrected chi connectivity index (χ0v) is 9.47. The maximum absolute atomic E-state index is 9.04. The summed E-state index contributed by atoms with van der Waals surface area (Å²) in [5.41, 5.74) is 1.07. The molecule has 2 N–H and O–H groups in total. The molecule has 0 heterocycles. The Bertz CT molecular complexity index is 246. The molecule has 0 fully saturated rings. The molecular weight excluding hydrogens is 198 g/mol. The summed E-state index contributed by atoms with van der Waals surface area (Å²) in [7, 11) is 0. The number of halogens is 1. The Kier molecular flexibility index (Phi) is 6.13. The first-order chi connectivity index (χ1) is 6.18. The molecule has 0 aliphatic carbocycles. The van der Waals surface area contributed by atoms with Crippen molar-refractivity contribution in [2.75, 3.05) is 11.9 Å². The number of nitrogens with one attached hydrogen (secondary N) is 1. The molecule has 80 valence electrons. The van der Waals surface area contributed by atoms with Crippen molar-refractivity contribution < 1.29 is 5.11 Å². The monoisotopic (exact) mass is 215 g/mol. The van der Waals surface area contributed by atoms with Crippen LogP contribution in [-0.4, -0.2) is 11.7 Å².